The van der Waals surface area contributed by atoms with Gasteiger partial charge < -0.3 is 10.0 Å². The number of carboxylic acids is 1. The number of aromatic carboxylic acids is 1. The number of piperidine rings is 1. The molecule has 132 valence electrons. The van der Waals surface area contributed by atoms with Gasteiger partial charge in [-0.2, -0.15) is 0 Å². The van der Waals surface area contributed by atoms with E-state index in [4.69, 9.17) is 5.11 Å². The molecule has 25 heavy (non-hydrogen) atoms. The Bertz CT molecular complexity index is 754. The highest BCUT2D eigenvalue weighted by atomic mass is 32.1. The zero-order chi connectivity index (χ0) is 17.8. The molecular formula is C19H22N2O3S. The van der Waals surface area contributed by atoms with Crippen molar-refractivity contribution < 1.29 is 14.7 Å². The van der Waals surface area contributed by atoms with Crippen molar-refractivity contribution in [3.8, 4) is 0 Å². The Morgan fingerprint density at radius 3 is 2.72 bits per heavy atom. The average molecular weight is 358 g/mol. The lowest BCUT2D eigenvalue weighted by Gasteiger charge is -2.33. The summed E-state index contributed by atoms with van der Waals surface area (Å²) in [6, 6.07) is 7.04. The Balaban J connectivity index is 1.59. The minimum atomic E-state index is -0.912. The van der Waals surface area contributed by atoms with E-state index in [1.54, 1.807) is 23.5 Å². The molecule has 6 heteroatoms. The van der Waals surface area contributed by atoms with Crippen LogP contribution in [-0.2, 0) is 11.2 Å². The first-order chi connectivity index (χ1) is 12.0. The lowest BCUT2D eigenvalue weighted by molar-refractivity contribution is -0.132. The standard InChI is InChI=1S/C19H22N2O3S/c1-13-17(25-12-20-13)8-9-18(22)21-10-2-3-16(11-21)14-4-6-15(7-5-14)19(23)24/h4-7,12,16H,2-3,8-11H2,1H3,(H,23,24). The van der Waals surface area contributed by atoms with Crippen molar-refractivity contribution in [2.24, 2.45) is 0 Å². The number of aromatic nitrogens is 1. The molecule has 2 heterocycles. The van der Waals surface area contributed by atoms with E-state index in [0.717, 1.165) is 37.1 Å². The number of likely N-dealkylation sites (tertiary alicyclic amines) is 1. The highest BCUT2D eigenvalue weighted by Crippen LogP contribution is 2.28. The molecule has 1 aromatic carbocycles. The summed E-state index contributed by atoms with van der Waals surface area (Å²) in [5.41, 5.74) is 4.26. The van der Waals surface area contributed by atoms with E-state index in [0.29, 0.717) is 18.5 Å². The zero-order valence-corrected chi connectivity index (χ0v) is 15.1. The van der Waals surface area contributed by atoms with Crippen molar-refractivity contribution >= 4 is 23.2 Å². The maximum atomic E-state index is 12.6. The minimum absolute atomic E-state index is 0.194. The van der Waals surface area contributed by atoms with Crippen LogP contribution in [-0.4, -0.2) is 40.0 Å². The van der Waals surface area contributed by atoms with E-state index in [9.17, 15) is 9.59 Å². The van der Waals surface area contributed by atoms with Gasteiger partial charge in [0.1, 0.15) is 0 Å². The predicted molar refractivity (Wildman–Crippen MR) is 97.1 cm³/mol. The Labute approximate surface area is 151 Å². The molecule has 1 fully saturated rings. The molecule has 1 amide bonds. The SMILES string of the molecule is Cc1ncsc1CCC(=O)N1CCCC(c2ccc(C(=O)O)cc2)C1. The normalized spacial score (nSPS) is 17.5. The number of carbonyl (C=O) groups excluding carboxylic acids is 1. The monoisotopic (exact) mass is 358 g/mol. The van der Waals surface area contributed by atoms with Gasteiger partial charge in [-0.25, -0.2) is 9.78 Å². The lowest BCUT2D eigenvalue weighted by Crippen LogP contribution is -2.39. The molecule has 1 unspecified atom stereocenters. The van der Waals surface area contributed by atoms with Crippen LogP contribution in [0.25, 0.3) is 0 Å². The van der Waals surface area contributed by atoms with Gasteiger partial charge >= 0.3 is 5.97 Å². The molecular weight excluding hydrogens is 336 g/mol. The quantitative estimate of drug-likeness (QED) is 0.888. The summed E-state index contributed by atoms with van der Waals surface area (Å²) in [7, 11) is 0. The number of aryl methyl sites for hydroxylation is 2. The average Bonchev–Trinajstić information content (AvgIpc) is 3.05. The fraction of sp³-hybridized carbons (Fsp3) is 0.421. The summed E-state index contributed by atoms with van der Waals surface area (Å²) in [6.45, 7) is 3.51. The number of amides is 1. The Morgan fingerprint density at radius 1 is 1.32 bits per heavy atom. The maximum absolute atomic E-state index is 12.6. The van der Waals surface area contributed by atoms with Crippen LogP contribution < -0.4 is 0 Å². The molecule has 0 spiro atoms. The van der Waals surface area contributed by atoms with Crippen LogP contribution >= 0.6 is 11.3 Å². The van der Waals surface area contributed by atoms with Gasteiger partial charge in [0.2, 0.25) is 5.91 Å². The first kappa shape index (κ1) is 17.6. The fourth-order valence-corrected chi connectivity index (χ4v) is 4.10. The van der Waals surface area contributed by atoms with E-state index >= 15 is 0 Å². The predicted octanol–water partition coefficient (Wildman–Crippen LogP) is 3.49. The van der Waals surface area contributed by atoms with Crippen molar-refractivity contribution in [3.63, 3.8) is 0 Å². The number of rotatable bonds is 5. The summed E-state index contributed by atoms with van der Waals surface area (Å²) in [4.78, 5) is 30.9. The van der Waals surface area contributed by atoms with Crippen molar-refractivity contribution in [1.82, 2.24) is 9.88 Å². The molecule has 5 nitrogen and oxygen atoms in total. The van der Waals surface area contributed by atoms with Crippen molar-refractivity contribution in [2.45, 2.75) is 38.5 Å². The van der Waals surface area contributed by atoms with Crippen LogP contribution in [0.15, 0.2) is 29.8 Å². The molecule has 1 N–H and O–H groups in total. The van der Waals surface area contributed by atoms with Crippen molar-refractivity contribution in [2.75, 3.05) is 13.1 Å². The van der Waals surface area contributed by atoms with Crippen LogP contribution in [0.3, 0.4) is 0 Å². The molecule has 2 aromatic rings. The van der Waals surface area contributed by atoms with E-state index in [2.05, 4.69) is 4.98 Å². The third kappa shape index (κ3) is 4.25. The number of carbonyl (C=O) groups is 2. The van der Waals surface area contributed by atoms with E-state index in [1.165, 1.54) is 4.88 Å². The number of nitrogens with zero attached hydrogens (tertiary/aromatic N) is 2. The Morgan fingerprint density at radius 2 is 2.08 bits per heavy atom. The first-order valence-corrected chi connectivity index (χ1v) is 9.42. The number of carboxylic acid groups (broad SMARTS) is 1. The summed E-state index contributed by atoms with van der Waals surface area (Å²) < 4.78 is 0. The highest BCUT2D eigenvalue weighted by molar-refractivity contribution is 7.09. The molecule has 1 aliphatic heterocycles. The van der Waals surface area contributed by atoms with Crippen LogP contribution in [0.4, 0.5) is 0 Å². The maximum Gasteiger partial charge on any atom is 0.335 e. The minimum Gasteiger partial charge on any atom is -0.478 e. The Kier molecular flexibility index (Phi) is 5.48. The first-order valence-electron chi connectivity index (χ1n) is 8.54. The van der Waals surface area contributed by atoms with Gasteiger partial charge in [0.15, 0.2) is 0 Å². The number of hydrogen-bond donors (Lipinski definition) is 1. The smallest absolute Gasteiger partial charge is 0.335 e. The zero-order valence-electron chi connectivity index (χ0n) is 14.3. The second kappa shape index (κ2) is 7.78. The largest absolute Gasteiger partial charge is 0.478 e. The van der Waals surface area contributed by atoms with Crippen LogP contribution in [0.1, 0.15) is 51.7 Å². The summed E-state index contributed by atoms with van der Waals surface area (Å²) in [5, 5.41) is 9.00. The van der Waals surface area contributed by atoms with Gasteiger partial charge in [0, 0.05) is 30.3 Å². The summed E-state index contributed by atoms with van der Waals surface area (Å²) in [5.74, 6) is -0.435. The molecule has 0 aliphatic carbocycles. The molecule has 1 saturated heterocycles. The van der Waals surface area contributed by atoms with E-state index in [-0.39, 0.29) is 11.8 Å². The molecule has 1 aromatic heterocycles. The second-order valence-corrected chi connectivity index (χ2v) is 7.41. The van der Waals surface area contributed by atoms with Crippen LogP contribution in [0, 0.1) is 6.92 Å². The molecule has 0 bridgehead atoms. The van der Waals surface area contributed by atoms with E-state index < -0.39 is 5.97 Å². The van der Waals surface area contributed by atoms with Crippen molar-refractivity contribution in [1.29, 1.82) is 0 Å². The summed E-state index contributed by atoms with van der Waals surface area (Å²) in [6.07, 6.45) is 3.29. The second-order valence-electron chi connectivity index (χ2n) is 6.47. The van der Waals surface area contributed by atoms with Gasteiger partial charge in [-0.15, -0.1) is 11.3 Å². The third-order valence-electron chi connectivity index (χ3n) is 4.81. The van der Waals surface area contributed by atoms with Gasteiger partial charge in [-0.05, 0) is 43.9 Å². The Hall–Kier alpha value is -2.21. The van der Waals surface area contributed by atoms with Gasteiger partial charge in [-0.1, -0.05) is 12.1 Å². The van der Waals surface area contributed by atoms with Gasteiger partial charge in [-0.3, -0.25) is 4.79 Å². The molecule has 3 rings (SSSR count). The van der Waals surface area contributed by atoms with Crippen LogP contribution in [0.2, 0.25) is 0 Å². The fourth-order valence-electron chi connectivity index (χ4n) is 3.32. The third-order valence-corrected chi connectivity index (χ3v) is 5.81. The topological polar surface area (TPSA) is 70.5 Å². The number of benzene rings is 1. The van der Waals surface area contributed by atoms with Crippen LogP contribution in [0.5, 0.6) is 0 Å². The highest BCUT2D eigenvalue weighted by Gasteiger charge is 2.24. The number of hydrogen-bond acceptors (Lipinski definition) is 4. The molecule has 0 radical (unpaired) electrons. The molecule has 1 atom stereocenters. The van der Waals surface area contributed by atoms with E-state index in [1.807, 2.05) is 29.5 Å². The number of thiazole rings is 1. The van der Waals surface area contributed by atoms with Crippen molar-refractivity contribution in [3.05, 3.63) is 51.5 Å². The summed E-state index contributed by atoms with van der Waals surface area (Å²) >= 11 is 1.61. The van der Waals surface area contributed by atoms with Gasteiger partial charge in [0.25, 0.3) is 0 Å². The lowest BCUT2D eigenvalue weighted by atomic mass is 9.90. The van der Waals surface area contributed by atoms with Gasteiger partial charge in [0.05, 0.1) is 16.8 Å². The molecule has 1 aliphatic rings. The molecule has 0 saturated carbocycles.